The van der Waals surface area contributed by atoms with Gasteiger partial charge < -0.3 is 9.84 Å². The Morgan fingerprint density at radius 3 is 2.90 bits per heavy atom. The second kappa shape index (κ2) is 9.20. The van der Waals surface area contributed by atoms with Crippen molar-refractivity contribution in [1.82, 2.24) is 20.4 Å². The number of hydrogen-bond donors (Lipinski definition) is 1. The van der Waals surface area contributed by atoms with Crippen LogP contribution in [-0.4, -0.2) is 34.0 Å². The number of carbonyl (C=O) groups excluding carboxylic acids is 1. The molecule has 7 heteroatoms. The summed E-state index contributed by atoms with van der Waals surface area (Å²) in [6, 6.07) is 17.3. The maximum absolute atomic E-state index is 12.6. The fourth-order valence-corrected chi connectivity index (χ4v) is 3.79. The van der Waals surface area contributed by atoms with E-state index in [9.17, 15) is 4.79 Å². The Hall–Kier alpha value is -2.70. The summed E-state index contributed by atoms with van der Waals surface area (Å²) in [5.41, 5.74) is 1.93. The Morgan fingerprint density at radius 2 is 2.07 bits per heavy atom. The van der Waals surface area contributed by atoms with Crippen LogP contribution in [0.2, 0.25) is 5.02 Å². The van der Waals surface area contributed by atoms with Crippen LogP contribution in [0, 0.1) is 5.92 Å². The summed E-state index contributed by atoms with van der Waals surface area (Å²) in [6.45, 7) is 2.70. The van der Waals surface area contributed by atoms with E-state index >= 15 is 0 Å². The number of benzene rings is 2. The summed E-state index contributed by atoms with van der Waals surface area (Å²) >= 11 is 6.04. The molecule has 0 spiro atoms. The average Bonchev–Trinajstić information content (AvgIpc) is 3.21. The monoisotopic (exact) mass is 410 g/mol. The zero-order valence-electron chi connectivity index (χ0n) is 16.1. The van der Waals surface area contributed by atoms with E-state index in [1.54, 1.807) is 0 Å². The van der Waals surface area contributed by atoms with Crippen molar-refractivity contribution in [3.63, 3.8) is 0 Å². The fraction of sp³-hybridized carbons (Fsp3) is 0.318. The third-order valence-corrected chi connectivity index (χ3v) is 5.33. The normalized spacial score (nSPS) is 17.2. The Balaban J connectivity index is 1.32. The van der Waals surface area contributed by atoms with E-state index in [0.29, 0.717) is 36.4 Å². The predicted octanol–water partition coefficient (Wildman–Crippen LogP) is 3.92. The first-order valence-electron chi connectivity index (χ1n) is 9.80. The molecule has 4 rings (SSSR count). The summed E-state index contributed by atoms with van der Waals surface area (Å²) < 4.78 is 5.42. The molecule has 1 amide bonds. The summed E-state index contributed by atoms with van der Waals surface area (Å²) in [4.78, 5) is 19.3. The Bertz CT molecular complexity index is 960. The molecule has 1 aromatic heterocycles. The van der Waals surface area contributed by atoms with Crippen molar-refractivity contribution in [3.05, 3.63) is 71.1 Å². The molecule has 2 heterocycles. The molecule has 6 nitrogen and oxygen atoms in total. The van der Waals surface area contributed by atoms with Gasteiger partial charge in [-0.05, 0) is 37.1 Å². The highest BCUT2D eigenvalue weighted by molar-refractivity contribution is 6.30. The molecule has 2 aromatic carbocycles. The van der Waals surface area contributed by atoms with E-state index in [0.717, 1.165) is 30.5 Å². The van der Waals surface area contributed by atoms with Crippen molar-refractivity contribution in [2.24, 2.45) is 5.92 Å². The van der Waals surface area contributed by atoms with Crippen molar-refractivity contribution in [2.75, 3.05) is 13.1 Å². The molecule has 3 aromatic rings. The number of halogens is 1. The molecule has 0 bridgehead atoms. The molecular weight excluding hydrogens is 388 g/mol. The highest BCUT2D eigenvalue weighted by atomic mass is 35.5. The topological polar surface area (TPSA) is 71.3 Å². The Morgan fingerprint density at radius 1 is 1.21 bits per heavy atom. The minimum atomic E-state index is -0.0252. The maximum Gasteiger partial charge on any atom is 0.241 e. The minimum Gasteiger partial charge on any atom is -0.352 e. The second-order valence-electron chi connectivity index (χ2n) is 7.30. The number of hydrogen-bond acceptors (Lipinski definition) is 5. The fourth-order valence-electron chi connectivity index (χ4n) is 3.60. The van der Waals surface area contributed by atoms with Crippen molar-refractivity contribution < 1.29 is 9.32 Å². The number of rotatable bonds is 6. The van der Waals surface area contributed by atoms with Crippen LogP contribution in [0.4, 0.5) is 0 Å². The van der Waals surface area contributed by atoms with Crippen LogP contribution in [0.15, 0.2) is 59.1 Å². The van der Waals surface area contributed by atoms with Gasteiger partial charge >= 0.3 is 0 Å². The first-order valence-corrected chi connectivity index (χ1v) is 10.2. The van der Waals surface area contributed by atoms with Gasteiger partial charge in [0, 0.05) is 23.7 Å². The van der Waals surface area contributed by atoms with Gasteiger partial charge in [-0.15, -0.1) is 0 Å². The number of amides is 1. The molecule has 0 aliphatic carbocycles. The number of nitrogens with one attached hydrogen (secondary N) is 1. The predicted molar refractivity (Wildman–Crippen MR) is 111 cm³/mol. The number of aromatic nitrogens is 2. The Labute approximate surface area is 174 Å². The first-order chi connectivity index (χ1) is 14.2. The number of carbonyl (C=O) groups is 1. The molecule has 0 radical (unpaired) electrons. The quantitative estimate of drug-likeness (QED) is 0.666. The van der Waals surface area contributed by atoms with E-state index in [4.69, 9.17) is 16.1 Å². The lowest BCUT2D eigenvalue weighted by molar-refractivity contribution is -0.127. The van der Waals surface area contributed by atoms with Gasteiger partial charge in [0.25, 0.3) is 0 Å². The van der Waals surface area contributed by atoms with Gasteiger partial charge in [-0.1, -0.05) is 59.2 Å². The first kappa shape index (κ1) is 19.6. The van der Waals surface area contributed by atoms with E-state index in [1.807, 2.05) is 54.6 Å². The molecule has 1 aliphatic rings. The van der Waals surface area contributed by atoms with Crippen molar-refractivity contribution in [2.45, 2.75) is 25.9 Å². The highest BCUT2D eigenvalue weighted by Gasteiger charge is 2.26. The second-order valence-corrected chi connectivity index (χ2v) is 7.74. The van der Waals surface area contributed by atoms with E-state index in [1.165, 1.54) is 0 Å². The third-order valence-electron chi connectivity index (χ3n) is 5.10. The average molecular weight is 411 g/mol. The van der Waals surface area contributed by atoms with Crippen LogP contribution in [0.5, 0.6) is 0 Å². The highest BCUT2D eigenvalue weighted by Crippen LogP contribution is 2.22. The molecule has 1 N–H and O–H groups in total. The molecular formula is C22H23ClN4O2. The molecule has 1 fully saturated rings. The van der Waals surface area contributed by atoms with Crippen LogP contribution in [0.3, 0.4) is 0 Å². The van der Waals surface area contributed by atoms with Crippen molar-refractivity contribution in [1.29, 1.82) is 0 Å². The number of likely N-dealkylation sites (tertiary alicyclic amines) is 1. The standard InChI is InChI=1S/C22H23ClN4O2/c23-19-10-4-8-17(12-19)21-25-20(29-26-21)15-27-11-5-9-18(14-27)22(28)24-13-16-6-2-1-3-7-16/h1-4,6-8,10,12,18H,5,9,11,13-15H2,(H,24,28). The van der Waals surface area contributed by atoms with Gasteiger partial charge in [0.15, 0.2) is 0 Å². The molecule has 150 valence electrons. The zero-order valence-corrected chi connectivity index (χ0v) is 16.8. The summed E-state index contributed by atoms with van der Waals surface area (Å²) in [7, 11) is 0. The largest absolute Gasteiger partial charge is 0.352 e. The smallest absolute Gasteiger partial charge is 0.241 e. The lowest BCUT2D eigenvalue weighted by Crippen LogP contribution is -2.42. The van der Waals surface area contributed by atoms with Crippen LogP contribution in [0.25, 0.3) is 11.4 Å². The van der Waals surface area contributed by atoms with Gasteiger partial charge in [-0.3, -0.25) is 9.69 Å². The molecule has 1 saturated heterocycles. The van der Waals surface area contributed by atoms with Crippen LogP contribution in [0.1, 0.15) is 24.3 Å². The van der Waals surface area contributed by atoms with Gasteiger partial charge in [0.05, 0.1) is 12.5 Å². The molecule has 29 heavy (non-hydrogen) atoms. The van der Waals surface area contributed by atoms with Gasteiger partial charge in [-0.25, -0.2) is 0 Å². The van der Waals surface area contributed by atoms with Gasteiger partial charge in [0.1, 0.15) is 0 Å². The maximum atomic E-state index is 12.6. The summed E-state index contributed by atoms with van der Waals surface area (Å²) in [5, 5.41) is 7.75. The number of nitrogens with zero attached hydrogens (tertiary/aromatic N) is 3. The van der Waals surface area contributed by atoms with Crippen molar-refractivity contribution >= 4 is 17.5 Å². The number of piperidine rings is 1. The van der Waals surface area contributed by atoms with Crippen LogP contribution >= 0.6 is 11.6 Å². The summed E-state index contributed by atoms with van der Waals surface area (Å²) in [6.07, 6.45) is 1.87. The lowest BCUT2D eigenvalue weighted by atomic mass is 9.97. The van der Waals surface area contributed by atoms with E-state index in [-0.39, 0.29) is 11.8 Å². The summed E-state index contributed by atoms with van der Waals surface area (Å²) in [5.74, 6) is 1.15. The molecule has 1 atom stereocenters. The lowest BCUT2D eigenvalue weighted by Gasteiger charge is -2.30. The van der Waals surface area contributed by atoms with Gasteiger partial charge in [-0.2, -0.15) is 4.98 Å². The van der Waals surface area contributed by atoms with Crippen LogP contribution < -0.4 is 5.32 Å². The van der Waals surface area contributed by atoms with Gasteiger partial charge in [0.2, 0.25) is 17.6 Å². The molecule has 0 saturated carbocycles. The Kier molecular flexibility index (Phi) is 6.22. The third kappa shape index (κ3) is 5.22. The van der Waals surface area contributed by atoms with E-state index in [2.05, 4.69) is 20.4 Å². The SMILES string of the molecule is O=C(NCc1ccccc1)C1CCCN(Cc2nc(-c3cccc(Cl)c3)no2)C1. The van der Waals surface area contributed by atoms with Crippen molar-refractivity contribution in [3.8, 4) is 11.4 Å². The van der Waals surface area contributed by atoms with E-state index < -0.39 is 0 Å². The molecule has 1 aliphatic heterocycles. The molecule has 1 unspecified atom stereocenters. The van der Waals surface area contributed by atoms with Crippen LogP contribution in [-0.2, 0) is 17.9 Å². The zero-order chi connectivity index (χ0) is 20.1. The minimum absolute atomic E-state index is 0.0252.